The van der Waals surface area contributed by atoms with Crippen molar-refractivity contribution in [2.75, 3.05) is 7.11 Å². The zero-order valence-corrected chi connectivity index (χ0v) is 17.6. The molecule has 0 aliphatic rings. The number of carbonyl (C=O) groups is 1. The number of phenols is 1. The highest BCUT2D eigenvalue weighted by Crippen LogP contribution is 2.39. The van der Waals surface area contributed by atoms with E-state index in [1.54, 1.807) is 12.1 Å². The SMILES string of the molecule is CCc1cc(O)c2c3c(C(=O)OC)cccc3n(Cc3cccc4ccccc34)c2c1. The first kappa shape index (κ1) is 19.2. The third-order valence-electron chi connectivity index (χ3n) is 6.05. The van der Waals surface area contributed by atoms with E-state index in [4.69, 9.17) is 4.74 Å². The molecule has 1 N–H and O–H groups in total. The molecule has 4 aromatic carbocycles. The van der Waals surface area contributed by atoms with Crippen molar-refractivity contribution in [3.05, 3.63) is 89.5 Å². The first-order valence-corrected chi connectivity index (χ1v) is 10.4. The van der Waals surface area contributed by atoms with Crippen molar-refractivity contribution in [3.63, 3.8) is 0 Å². The van der Waals surface area contributed by atoms with Crippen molar-refractivity contribution in [2.24, 2.45) is 0 Å². The molecule has 0 aliphatic carbocycles. The van der Waals surface area contributed by atoms with Crippen LogP contribution in [0.1, 0.15) is 28.4 Å². The number of aromatic nitrogens is 1. The number of aryl methyl sites for hydroxylation is 1. The van der Waals surface area contributed by atoms with Gasteiger partial charge in [-0.2, -0.15) is 0 Å². The van der Waals surface area contributed by atoms with Gasteiger partial charge in [-0.15, -0.1) is 0 Å². The van der Waals surface area contributed by atoms with Gasteiger partial charge in [0.1, 0.15) is 5.75 Å². The molecule has 0 bridgehead atoms. The molecule has 5 rings (SSSR count). The fourth-order valence-corrected chi connectivity index (χ4v) is 4.55. The van der Waals surface area contributed by atoms with Gasteiger partial charge in [0.2, 0.25) is 0 Å². The maximum absolute atomic E-state index is 12.5. The van der Waals surface area contributed by atoms with Crippen molar-refractivity contribution in [2.45, 2.75) is 19.9 Å². The van der Waals surface area contributed by atoms with Gasteiger partial charge in [-0.25, -0.2) is 4.79 Å². The van der Waals surface area contributed by atoms with Crippen LogP contribution in [0.2, 0.25) is 0 Å². The first-order valence-electron chi connectivity index (χ1n) is 10.4. The predicted octanol–water partition coefficient (Wildman–Crippen LogP) is 6.05. The monoisotopic (exact) mass is 409 g/mol. The van der Waals surface area contributed by atoms with E-state index in [1.165, 1.54) is 23.4 Å². The molecule has 154 valence electrons. The van der Waals surface area contributed by atoms with E-state index in [-0.39, 0.29) is 5.75 Å². The molecule has 0 radical (unpaired) electrons. The minimum atomic E-state index is -0.409. The third-order valence-corrected chi connectivity index (χ3v) is 6.05. The van der Waals surface area contributed by atoms with Gasteiger partial charge in [-0.05, 0) is 52.6 Å². The maximum Gasteiger partial charge on any atom is 0.338 e. The Kier molecular flexibility index (Phi) is 4.63. The van der Waals surface area contributed by atoms with Crippen LogP contribution < -0.4 is 0 Å². The summed E-state index contributed by atoms with van der Waals surface area (Å²) in [5.74, 6) is -0.221. The molecule has 4 nitrogen and oxygen atoms in total. The van der Waals surface area contributed by atoms with Crippen molar-refractivity contribution < 1.29 is 14.6 Å². The number of phenolic OH excluding ortho intramolecular Hbond substituents is 1. The number of ether oxygens (including phenoxy) is 1. The van der Waals surface area contributed by atoms with Crippen LogP contribution in [0.5, 0.6) is 5.75 Å². The normalized spacial score (nSPS) is 11.4. The van der Waals surface area contributed by atoms with Gasteiger partial charge in [-0.3, -0.25) is 0 Å². The fourth-order valence-electron chi connectivity index (χ4n) is 4.55. The number of fused-ring (bicyclic) bond motifs is 4. The molecule has 0 atom stereocenters. The second kappa shape index (κ2) is 7.47. The molecule has 0 amide bonds. The number of benzene rings is 4. The summed E-state index contributed by atoms with van der Waals surface area (Å²) in [5.41, 5.74) is 4.50. The number of hydrogen-bond acceptors (Lipinski definition) is 3. The number of esters is 1. The van der Waals surface area contributed by atoms with Gasteiger partial charge < -0.3 is 14.4 Å². The van der Waals surface area contributed by atoms with Crippen LogP contribution in [-0.2, 0) is 17.7 Å². The summed E-state index contributed by atoms with van der Waals surface area (Å²) in [5, 5.41) is 14.7. The molecule has 5 aromatic rings. The van der Waals surface area contributed by atoms with E-state index >= 15 is 0 Å². The summed E-state index contributed by atoms with van der Waals surface area (Å²) in [6, 6.07) is 24.2. The quantitative estimate of drug-likeness (QED) is 0.368. The smallest absolute Gasteiger partial charge is 0.338 e. The maximum atomic E-state index is 12.5. The van der Waals surface area contributed by atoms with Gasteiger partial charge in [0.25, 0.3) is 0 Å². The number of methoxy groups -OCH3 is 1. The number of carbonyl (C=O) groups excluding carboxylic acids is 1. The highest BCUT2D eigenvalue weighted by molar-refractivity contribution is 6.19. The highest BCUT2D eigenvalue weighted by Gasteiger charge is 2.21. The van der Waals surface area contributed by atoms with Gasteiger partial charge in [-0.1, -0.05) is 55.5 Å². The molecule has 0 saturated heterocycles. The van der Waals surface area contributed by atoms with E-state index < -0.39 is 5.97 Å². The fraction of sp³-hybridized carbons (Fsp3) is 0.148. The molecule has 31 heavy (non-hydrogen) atoms. The second-order valence-electron chi connectivity index (χ2n) is 7.78. The number of rotatable bonds is 4. The Hall–Kier alpha value is -3.79. The van der Waals surface area contributed by atoms with Crippen molar-refractivity contribution >= 4 is 38.5 Å². The van der Waals surface area contributed by atoms with E-state index in [0.717, 1.165) is 28.4 Å². The number of nitrogens with zero attached hydrogens (tertiary/aromatic N) is 1. The summed E-state index contributed by atoms with van der Waals surface area (Å²) < 4.78 is 7.23. The number of aromatic hydroxyl groups is 1. The average molecular weight is 409 g/mol. The van der Waals surface area contributed by atoms with Crippen LogP contribution in [0.15, 0.2) is 72.8 Å². The predicted molar refractivity (Wildman–Crippen MR) is 125 cm³/mol. The Morgan fingerprint density at radius 2 is 1.71 bits per heavy atom. The lowest BCUT2D eigenvalue weighted by Gasteiger charge is -2.12. The Morgan fingerprint density at radius 3 is 2.52 bits per heavy atom. The van der Waals surface area contributed by atoms with Crippen LogP contribution in [0.3, 0.4) is 0 Å². The third kappa shape index (κ3) is 3.03. The molecule has 1 heterocycles. The minimum absolute atomic E-state index is 0.187. The van der Waals surface area contributed by atoms with Crippen LogP contribution in [0.4, 0.5) is 0 Å². The molecule has 1 aromatic heterocycles. The standard InChI is InChI=1S/C27H23NO3/c1-3-17-14-23-26(24(29)15-17)25-21(27(30)31-2)12-7-13-22(25)28(23)16-19-10-6-9-18-8-4-5-11-20(18)19/h4-15,29H,3,16H2,1-2H3. The lowest BCUT2D eigenvalue weighted by atomic mass is 10.0. The topological polar surface area (TPSA) is 51.5 Å². The van der Waals surface area contributed by atoms with Crippen LogP contribution >= 0.6 is 0 Å². The summed E-state index contributed by atoms with van der Waals surface area (Å²) in [6.45, 7) is 2.69. The average Bonchev–Trinajstić information content (AvgIpc) is 3.12. The minimum Gasteiger partial charge on any atom is -0.507 e. The van der Waals surface area contributed by atoms with Crippen LogP contribution in [0, 0.1) is 0 Å². The van der Waals surface area contributed by atoms with E-state index in [9.17, 15) is 9.90 Å². The molecule has 0 aliphatic heterocycles. The van der Waals surface area contributed by atoms with Gasteiger partial charge in [0.15, 0.2) is 0 Å². The van der Waals surface area contributed by atoms with Crippen molar-refractivity contribution in [1.29, 1.82) is 0 Å². The van der Waals surface area contributed by atoms with Crippen molar-refractivity contribution in [3.8, 4) is 5.75 Å². The van der Waals surface area contributed by atoms with Gasteiger partial charge in [0, 0.05) is 11.9 Å². The Balaban J connectivity index is 1.86. The zero-order valence-electron chi connectivity index (χ0n) is 17.6. The highest BCUT2D eigenvalue weighted by atomic mass is 16.5. The van der Waals surface area contributed by atoms with E-state index in [1.807, 2.05) is 24.3 Å². The summed E-state index contributed by atoms with van der Waals surface area (Å²) in [7, 11) is 1.38. The Labute approximate surface area is 180 Å². The largest absolute Gasteiger partial charge is 0.507 e. The number of hydrogen-bond donors (Lipinski definition) is 1. The molecule has 0 saturated carbocycles. The van der Waals surface area contributed by atoms with Crippen LogP contribution in [0.25, 0.3) is 32.6 Å². The Morgan fingerprint density at radius 1 is 0.935 bits per heavy atom. The summed E-state index contributed by atoms with van der Waals surface area (Å²) >= 11 is 0. The van der Waals surface area contributed by atoms with E-state index in [0.29, 0.717) is 17.5 Å². The van der Waals surface area contributed by atoms with Gasteiger partial charge >= 0.3 is 5.97 Å². The molecule has 4 heteroatoms. The van der Waals surface area contributed by atoms with Gasteiger partial charge in [0.05, 0.1) is 29.1 Å². The summed E-state index contributed by atoms with van der Waals surface area (Å²) in [6.07, 6.45) is 0.809. The molecule has 0 fully saturated rings. The zero-order chi connectivity index (χ0) is 21.5. The molecular weight excluding hydrogens is 386 g/mol. The van der Waals surface area contributed by atoms with Crippen molar-refractivity contribution in [1.82, 2.24) is 4.57 Å². The lowest BCUT2D eigenvalue weighted by Crippen LogP contribution is -2.03. The molecule has 0 spiro atoms. The van der Waals surface area contributed by atoms with E-state index in [2.05, 4.69) is 47.9 Å². The molecule has 0 unspecified atom stereocenters. The van der Waals surface area contributed by atoms with Crippen LogP contribution in [-0.4, -0.2) is 22.8 Å². The lowest BCUT2D eigenvalue weighted by molar-refractivity contribution is 0.0603. The Bertz CT molecular complexity index is 1460. The second-order valence-corrected chi connectivity index (χ2v) is 7.78. The first-order chi connectivity index (χ1) is 15.1. The molecular formula is C27H23NO3. The summed E-state index contributed by atoms with van der Waals surface area (Å²) in [4.78, 5) is 12.5.